The fraction of sp³-hybridized carbons (Fsp3) is 0.517. The summed E-state index contributed by atoms with van der Waals surface area (Å²) in [5, 5.41) is 23.7. The largest absolute Gasteiger partial charge is 0.494 e. The SMILES string of the molecule is CCc1cc(OCCCCn2cc(COCCOCCOCCOCCOCCOCCOCCOCCNC(=O)OC(C)(C)C)nn2)ccc1-c1ccc(C[C@H](NC(=O)OCC2c3ccccc3-c3ccccc32)C(=O)O)cc1. The number of carboxylic acid groups (broad SMARTS) is 1. The molecule has 1 aliphatic rings. The number of aliphatic carboxylic acids is 1. The Morgan fingerprint density at radius 1 is 0.637 bits per heavy atom. The number of alkyl carbamates (subject to hydrolysis) is 2. The average Bonchev–Trinajstić information content (AvgIpc) is 4.17. The van der Waals surface area contributed by atoms with Crippen LogP contribution in [0, 0.1) is 0 Å². The Balaban J connectivity index is 0.721. The van der Waals surface area contributed by atoms with Crippen LogP contribution in [0.5, 0.6) is 5.75 Å². The summed E-state index contributed by atoms with van der Waals surface area (Å²) in [6.07, 6.45) is 3.27. The van der Waals surface area contributed by atoms with Gasteiger partial charge in [0.25, 0.3) is 0 Å². The van der Waals surface area contributed by atoms with E-state index in [2.05, 4.69) is 52.1 Å². The van der Waals surface area contributed by atoms with Gasteiger partial charge in [0.2, 0.25) is 0 Å². The fourth-order valence-electron chi connectivity index (χ4n) is 8.61. The zero-order valence-corrected chi connectivity index (χ0v) is 46.9. The summed E-state index contributed by atoms with van der Waals surface area (Å²) in [6.45, 7) is 16.4. The van der Waals surface area contributed by atoms with Crippen LogP contribution >= 0.6 is 0 Å². The van der Waals surface area contributed by atoms with Crippen LogP contribution in [-0.4, -0.2) is 169 Å². The van der Waals surface area contributed by atoms with E-state index in [4.69, 9.17) is 52.1 Å². The Morgan fingerprint density at radius 3 is 1.74 bits per heavy atom. The zero-order chi connectivity index (χ0) is 56.6. The Bertz CT molecular complexity index is 2540. The minimum Gasteiger partial charge on any atom is -0.494 e. The Labute approximate surface area is 469 Å². The van der Waals surface area contributed by atoms with Gasteiger partial charge in [-0.1, -0.05) is 91.0 Å². The molecule has 80 heavy (non-hydrogen) atoms. The van der Waals surface area contributed by atoms with Crippen LogP contribution in [-0.2, 0) is 78.2 Å². The highest BCUT2D eigenvalue weighted by molar-refractivity contribution is 5.81. The maximum atomic E-state index is 12.9. The van der Waals surface area contributed by atoms with Crippen LogP contribution in [0.1, 0.15) is 74.4 Å². The lowest BCUT2D eigenvalue weighted by Crippen LogP contribution is -2.42. The van der Waals surface area contributed by atoms with Crippen molar-refractivity contribution in [2.75, 3.05) is 119 Å². The molecule has 0 fully saturated rings. The monoisotopic (exact) mass is 1110 g/mol. The van der Waals surface area contributed by atoms with Crippen LogP contribution in [0.15, 0.2) is 97.2 Å². The molecule has 6 rings (SSSR count). The molecule has 1 heterocycles. The molecule has 0 unspecified atom stereocenters. The zero-order valence-electron chi connectivity index (χ0n) is 46.9. The highest BCUT2D eigenvalue weighted by Gasteiger charge is 2.30. The second kappa shape index (κ2) is 35.3. The molecular weight excluding hydrogens is 1030 g/mol. The Morgan fingerprint density at radius 2 is 1.19 bits per heavy atom. The van der Waals surface area contributed by atoms with E-state index >= 15 is 0 Å². The van der Waals surface area contributed by atoms with Crippen LogP contribution in [0.25, 0.3) is 22.3 Å². The van der Waals surface area contributed by atoms with Crippen molar-refractivity contribution in [3.8, 4) is 28.0 Å². The maximum Gasteiger partial charge on any atom is 0.407 e. The second-order valence-corrected chi connectivity index (χ2v) is 19.7. The van der Waals surface area contributed by atoms with E-state index in [0.29, 0.717) is 125 Å². The number of carbonyl (C=O) groups is 3. The molecule has 0 aliphatic heterocycles. The van der Waals surface area contributed by atoms with Gasteiger partial charge < -0.3 is 67.8 Å². The number of rotatable bonds is 40. The summed E-state index contributed by atoms with van der Waals surface area (Å²) in [7, 11) is 0. The predicted octanol–water partition coefficient (Wildman–Crippen LogP) is 8.06. The summed E-state index contributed by atoms with van der Waals surface area (Å²) in [5.74, 6) is -0.462. The molecular formula is C60H81N5O15. The van der Waals surface area contributed by atoms with Gasteiger partial charge in [-0.3, -0.25) is 4.68 Å². The van der Waals surface area contributed by atoms with Crippen molar-refractivity contribution in [2.45, 2.75) is 84.1 Å². The van der Waals surface area contributed by atoms with Crippen LogP contribution in [0.3, 0.4) is 0 Å². The van der Waals surface area contributed by atoms with Gasteiger partial charge in [0.15, 0.2) is 0 Å². The molecule has 1 atom stereocenters. The van der Waals surface area contributed by atoms with E-state index in [9.17, 15) is 19.5 Å². The molecule has 1 aromatic heterocycles. The van der Waals surface area contributed by atoms with E-state index in [1.54, 1.807) is 0 Å². The number of aromatic nitrogens is 3. The first-order valence-corrected chi connectivity index (χ1v) is 27.6. The van der Waals surface area contributed by atoms with Gasteiger partial charge in [0, 0.05) is 25.4 Å². The summed E-state index contributed by atoms with van der Waals surface area (Å²) in [5.41, 5.74) is 8.61. The lowest BCUT2D eigenvalue weighted by molar-refractivity contribution is -0.139. The number of nitrogens with one attached hydrogen (secondary N) is 2. The normalized spacial score (nSPS) is 12.4. The van der Waals surface area contributed by atoms with E-state index in [-0.39, 0.29) is 18.9 Å². The molecule has 20 nitrogen and oxygen atoms in total. The first-order chi connectivity index (χ1) is 39.0. The standard InChI is InChI=1S/C60H81N5O15/c1-5-46-41-49(20-21-50(46)47-18-16-45(17-19-47)40-56(57(66)67)62-59(69)79-44-55-53-14-8-6-12-51(53)52-13-7-9-15-54(52)55)78-24-11-10-23-65-42-48(63-64-65)43-77-39-38-76-37-36-75-35-34-74-33-32-73-31-30-72-29-28-71-27-26-70-25-22-61-58(68)80-60(2,3)4/h6-9,12-21,41-42,55-56H,5,10-11,22-40,43-44H2,1-4H3,(H,61,68)(H,62,69)(H,66,67)/t56-/m0/s1. The quantitative estimate of drug-likeness (QED) is 0.0315. The number of ether oxygens (including phenoxy) is 11. The number of unbranched alkanes of at least 4 members (excludes halogenated alkanes) is 1. The maximum absolute atomic E-state index is 12.9. The van der Waals surface area contributed by atoms with Crippen molar-refractivity contribution in [3.63, 3.8) is 0 Å². The number of benzene rings is 4. The third-order valence-corrected chi connectivity index (χ3v) is 12.5. The molecule has 1 aliphatic carbocycles. The molecule has 4 aromatic carbocycles. The van der Waals surface area contributed by atoms with Crippen LogP contribution in [0.2, 0.25) is 0 Å². The number of carbonyl (C=O) groups excluding carboxylic acids is 2. The molecule has 3 N–H and O–H groups in total. The molecule has 0 bridgehead atoms. The topological polar surface area (TPSA) is 228 Å². The number of fused-ring (bicyclic) bond motifs is 3. The number of aryl methyl sites for hydroxylation is 2. The number of hydrogen-bond donors (Lipinski definition) is 3. The average molecular weight is 1110 g/mol. The third-order valence-electron chi connectivity index (χ3n) is 12.5. The van der Waals surface area contributed by atoms with Crippen LogP contribution < -0.4 is 15.4 Å². The minimum absolute atomic E-state index is 0.101. The number of carboxylic acids is 1. The second-order valence-electron chi connectivity index (χ2n) is 19.7. The van der Waals surface area contributed by atoms with Crippen molar-refractivity contribution >= 4 is 18.2 Å². The van der Waals surface area contributed by atoms with Crippen molar-refractivity contribution in [1.82, 2.24) is 25.6 Å². The Hall–Kier alpha value is -6.49. The van der Waals surface area contributed by atoms with Gasteiger partial charge in [-0.05, 0) is 96.7 Å². The van der Waals surface area contributed by atoms with E-state index < -0.39 is 29.8 Å². The Kier molecular flexibility index (Phi) is 27.7. The van der Waals surface area contributed by atoms with Gasteiger partial charge in [-0.25, -0.2) is 14.4 Å². The lowest BCUT2D eigenvalue weighted by atomic mass is 9.96. The number of nitrogens with zero attached hydrogens (tertiary/aromatic N) is 3. The van der Waals surface area contributed by atoms with Gasteiger partial charge >= 0.3 is 18.2 Å². The third kappa shape index (κ3) is 22.9. The molecule has 436 valence electrons. The van der Waals surface area contributed by atoms with Gasteiger partial charge in [-0.2, -0.15) is 0 Å². The number of amides is 2. The predicted molar refractivity (Wildman–Crippen MR) is 299 cm³/mol. The molecule has 20 heteroatoms. The summed E-state index contributed by atoms with van der Waals surface area (Å²) in [6, 6.07) is 28.8. The molecule has 0 radical (unpaired) electrons. The molecule has 0 saturated carbocycles. The van der Waals surface area contributed by atoms with Crippen molar-refractivity contribution in [3.05, 3.63) is 125 Å². The molecule has 0 saturated heterocycles. The van der Waals surface area contributed by atoms with Crippen LogP contribution in [0.4, 0.5) is 9.59 Å². The summed E-state index contributed by atoms with van der Waals surface area (Å²) < 4.78 is 63.0. The van der Waals surface area contributed by atoms with E-state index in [1.165, 1.54) is 0 Å². The van der Waals surface area contributed by atoms with Crippen molar-refractivity contribution in [2.24, 2.45) is 0 Å². The first-order valence-electron chi connectivity index (χ1n) is 27.6. The fourth-order valence-corrected chi connectivity index (χ4v) is 8.61. The highest BCUT2D eigenvalue weighted by atomic mass is 16.6. The first kappa shape index (κ1) is 62.7. The highest BCUT2D eigenvalue weighted by Crippen LogP contribution is 2.44. The minimum atomic E-state index is -1.16. The summed E-state index contributed by atoms with van der Waals surface area (Å²) >= 11 is 0. The molecule has 2 amide bonds. The van der Waals surface area contributed by atoms with E-state index in [1.807, 2.05) is 98.4 Å². The van der Waals surface area contributed by atoms with Gasteiger partial charge in [0.05, 0.1) is 119 Å². The van der Waals surface area contributed by atoms with E-state index in [0.717, 1.165) is 75.2 Å². The number of hydrogen-bond acceptors (Lipinski definition) is 16. The molecule has 5 aromatic rings. The lowest BCUT2D eigenvalue weighted by Gasteiger charge is -2.19. The summed E-state index contributed by atoms with van der Waals surface area (Å²) in [4.78, 5) is 36.8. The smallest absolute Gasteiger partial charge is 0.407 e. The van der Waals surface area contributed by atoms with Crippen molar-refractivity contribution < 1.29 is 71.6 Å². The van der Waals surface area contributed by atoms with Gasteiger partial charge in [-0.15, -0.1) is 5.10 Å². The van der Waals surface area contributed by atoms with Gasteiger partial charge in [0.1, 0.15) is 29.7 Å². The molecule has 0 spiro atoms. The van der Waals surface area contributed by atoms with Crippen molar-refractivity contribution in [1.29, 1.82) is 0 Å².